The summed E-state index contributed by atoms with van der Waals surface area (Å²) >= 11 is 0. The van der Waals surface area contributed by atoms with Crippen molar-refractivity contribution in [2.45, 2.75) is 24.9 Å². The van der Waals surface area contributed by atoms with Gasteiger partial charge in [0.25, 0.3) is 0 Å². The monoisotopic (exact) mass is 248 g/mol. The van der Waals surface area contributed by atoms with Crippen LogP contribution in [0.25, 0.3) is 0 Å². The van der Waals surface area contributed by atoms with E-state index >= 15 is 0 Å². The van der Waals surface area contributed by atoms with Gasteiger partial charge in [0.05, 0.1) is 12.8 Å². The van der Waals surface area contributed by atoms with Crippen molar-refractivity contribution in [1.82, 2.24) is 0 Å². The lowest BCUT2D eigenvalue weighted by molar-refractivity contribution is -0.163. The number of hydrogen-bond donors (Lipinski definition) is 4. The fourth-order valence-electron chi connectivity index (χ4n) is 0.768. The summed E-state index contributed by atoms with van der Waals surface area (Å²) in [6, 6.07) is -2.98. The highest BCUT2D eigenvalue weighted by Crippen LogP contribution is 1.97. The van der Waals surface area contributed by atoms with E-state index in [9.17, 15) is 19.2 Å². The van der Waals surface area contributed by atoms with E-state index in [1.165, 1.54) is 0 Å². The number of carboxylic acid groups (broad SMARTS) is 2. The molecule has 0 saturated carbocycles. The molecule has 0 aliphatic rings. The number of carboxylic acids is 2. The minimum absolute atomic E-state index is 0.697. The molecule has 1 unspecified atom stereocenters. The average Bonchev–Trinajstić information content (AvgIpc) is 2.15. The van der Waals surface area contributed by atoms with Crippen LogP contribution in [-0.4, -0.2) is 46.2 Å². The summed E-state index contributed by atoms with van der Waals surface area (Å²) in [4.78, 5) is 42.5. The minimum Gasteiger partial charge on any atom is -0.481 e. The molecule has 17 heavy (non-hydrogen) atoms. The lowest BCUT2D eigenvalue weighted by atomic mass is 10.2. The second-order valence-electron chi connectivity index (χ2n) is 3.15. The molecule has 0 saturated heterocycles. The van der Waals surface area contributed by atoms with E-state index in [0.29, 0.717) is 0 Å². The van der Waals surface area contributed by atoms with E-state index in [0.717, 1.165) is 0 Å². The third-order valence-electron chi connectivity index (χ3n) is 1.62. The molecule has 0 fully saturated rings. The van der Waals surface area contributed by atoms with Crippen LogP contribution in [0.1, 0.15) is 12.8 Å². The topological polar surface area (TPSA) is 170 Å². The van der Waals surface area contributed by atoms with E-state index in [2.05, 4.69) is 4.74 Å². The largest absolute Gasteiger partial charge is 0.481 e. The van der Waals surface area contributed by atoms with Gasteiger partial charge in [-0.25, -0.2) is 4.79 Å². The molecule has 96 valence electrons. The van der Waals surface area contributed by atoms with Crippen molar-refractivity contribution < 1.29 is 34.1 Å². The molecular formula is C8H12N2O7. The van der Waals surface area contributed by atoms with Crippen LogP contribution in [0.3, 0.4) is 0 Å². The van der Waals surface area contributed by atoms with Gasteiger partial charge in [-0.2, -0.15) is 0 Å². The number of aliphatic carboxylic acids is 2. The van der Waals surface area contributed by atoms with Crippen LogP contribution in [0.15, 0.2) is 0 Å². The Balaban J connectivity index is 4.16. The van der Waals surface area contributed by atoms with Crippen LogP contribution in [0, 0.1) is 0 Å². The van der Waals surface area contributed by atoms with E-state index in [1.54, 1.807) is 0 Å². The number of hydrogen-bond acceptors (Lipinski definition) is 7. The number of carbonyl (C=O) groups excluding carboxylic acids is 2. The summed E-state index contributed by atoms with van der Waals surface area (Å²) in [7, 11) is 0. The maximum atomic E-state index is 11.0. The first-order chi connectivity index (χ1) is 7.73. The van der Waals surface area contributed by atoms with Gasteiger partial charge in [0.15, 0.2) is 0 Å². The molecule has 0 radical (unpaired) electrons. The number of carbonyl (C=O) groups is 4. The quantitative estimate of drug-likeness (QED) is 0.297. The molecule has 0 amide bonds. The maximum absolute atomic E-state index is 11.0. The Labute approximate surface area is 95.3 Å². The predicted molar refractivity (Wildman–Crippen MR) is 51.6 cm³/mol. The van der Waals surface area contributed by atoms with Gasteiger partial charge in [-0.1, -0.05) is 0 Å². The standard InChI is InChI=1S/C8H12N2O7/c9-3(7(14)15)2-6(13)17-8(16)4(10)1-5(11)12/h3-4H,1-2,9-10H2,(H,11,12)(H,14,15)/t3-,4?/m0/s1. The first-order valence-corrected chi connectivity index (χ1v) is 4.44. The molecule has 0 aromatic carbocycles. The molecule has 0 spiro atoms. The molecule has 0 rings (SSSR count). The zero-order chi connectivity index (χ0) is 13.6. The summed E-state index contributed by atoms with van der Waals surface area (Å²) in [5.74, 6) is -5.17. The maximum Gasteiger partial charge on any atom is 0.331 e. The number of esters is 2. The number of nitrogens with two attached hydrogens (primary N) is 2. The van der Waals surface area contributed by atoms with Gasteiger partial charge >= 0.3 is 23.9 Å². The van der Waals surface area contributed by atoms with E-state index in [1.807, 2.05) is 0 Å². The Morgan fingerprint density at radius 2 is 1.53 bits per heavy atom. The van der Waals surface area contributed by atoms with Gasteiger partial charge in [0.2, 0.25) is 0 Å². The molecule has 0 aromatic rings. The molecule has 9 nitrogen and oxygen atoms in total. The van der Waals surface area contributed by atoms with Crippen molar-refractivity contribution in [3.8, 4) is 0 Å². The smallest absolute Gasteiger partial charge is 0.331 e. The summed E-state index contributed by atoms with van der Waals surface area (Å²) in [5, 5.41) is 16.7. The van der Waals surface area contributed by atoms with Gasteiger partial charge in [-0.3, -0.25) is 14.4 Å². The third kappa shape index (κ3) is 6.22. The van der Waals surface area contributed by atoms with E-state index in [-0.39, 0.29) is 0 Å². The Morgan fingerprint density at radius 1 is 1.00 bits per heavy atom. The second kappa shape index (κ2) is 6.55. The number of ether oxygens (including phenoxy) is 1. The van der Waals surface area contributed by atoms with Gasteiger partial charge in [0.1, 0.15) is 12.1 Å². The SMILES string of the molecule is NC(CC(=O)O)C(=O)OC(=O)C[C@H](N)C(=O)O. The van der Waals surface area contributed by atoms with Gasteiger partial charge in [-0.15, -0.1) is 0 Å². The summed E-state index contributed by atoms with van der Waals surface area (Å²) in [5.41, 5.74) is 10.1. The van der Waals surface area contributed by atoms with Crippen molar-refractivity contribution in [2.24, 2.45) is 11.5 Å². The summed E-state index contributed by atoms with van der Waals surface area (Å²) in [6.07, 6.45) is -1.40. The van der Waals surface area contributed by atoms with Crippen molar-refractivity contribution >= 4 is 23.9 Å². The Morgan fingerprint density at radius 3 is 1.94 bits per heavy atom. The molecule has 2 atom stereocenters. The molecule has 9 heteroatoms. The molecule has 6 N–H and O–H groups in total. The first kappa shape index (κ1) is 15.0. The average molecular weight is 248 g/mol. The highest BCUT2D eigenvalue weighted by atomic mass is 16.6. The molecular weight excluding hydrogens is 236 g/mol. The van der Waals surface area contributed by atoms with E-state index in [4.69, 9.17) is 21.7 Å². The van der Waals surface area contributed by atoms with Gasteiger partial charge in [-0.05, 0) is 0 Å². The minimum atomic E-state index is -1.49. The zero-order valence-electron chi connectivity index (χ0n) is 8.66. The fourth-order valence-corrected chi connectivity index (χ4v) is 0.768. The highest BCUT2D eigenvalue weighted by Gasteiger charge is 2.24. The molecule has 0 heterocycles. The zero-order valence-corrected chi connectivity index (χ0v) is 8.66. The molecule has 0 bridgehead atoms. The van der Waals surface area contributed by atoms with Crippen molar-refractivity contribution in [2.75, 3.05) is 0 Å². The summed E-state index contributed by atoms with van der Waals surface area (Å²) in [6.45, 7) is 0. The van der Waals surface area contributed by atoms with Crippen LogP contribution in [-0.2, 0) is 23.9 Å². The lowest BCUT2D eigenvalue weighted by Crippen LogP contribution is -2.38. The van der Waals surface area contributed by atoms with Crippen LogP contribution >= 0.6 is 0 Å². The third-order valence-corrected chi connectivity index (χ3v) is 1.62. The fraction of sp³-hybridized carbons (Fsp3) is 0.500. The van der Waals surface area contributed by atoms with Crippen LogP contribution in [0.5, 0.6) is 0 Å². The van der Waals surface area contributed by atoms with Crippen LogP contribution in [0.4, 0.5) is 0 Å². The molecule has 0 aliphatic heterocycles. The van der Waals surface area contributed by atoms with E-state index < -0.39 is 48.8 Å². The predicted octanol–water partition coefficient (Wildman–Crippen LogP) is -2.34. The highest BCUT2D eigenvalue weighted by molar-refractivity contribution is 5.92. The van der Waals surface area contributed by atoms with Gasteiger partial charge in [0, 0.05) is 0 Å². The van der Waals surface area contributed by atoms with Gasteiger partial charge < -0.3 is 26.4 Å². The van der Waals surface area contributed by atoms with Crippen LogP contribution in [0.2, 0.25) is 0 Å². The first-order valence-electron chi connectivity index (χ1n) is 4.44. The lowest BCUT2D eigenvalue weighted by Gasteiger charge is -2.09. The van der Waals surface area contributed by atoms with Crippen molar-refractivity contribution in [3.63, 3.8) is 0 Å². The molecule has 0 aromatic heterocycles. The Bertz CT molecular complexity index is 341. The second-order valence-corrected chi connectivity index (χ2v) is 3.15. The van der Waals surface area contributed by atoms with Crippen molar-refractivity contribution in [1.29, 1.82) is 0 Å². The number of rotatable bonds is 6. The molecule has 0 aliphatic carbocycles. The van der Waals surface area contributed by atoms with Crippen LogP contribution < -0.4 is 11.5 Å². The Hall–Kier alpha value is -2.00. The Kier molecular flexibility index (Phi) is 5.78. The summed E-state index contributed by atoms with van der Waals surface area (Å²) < 4.78 is 4.12. The van der Waals surface area contributed by atoms with Crippen molar-refractivity contribution in [3.05, 3.63) is 0 Å². The normalized spacial score (nSPS) is 13.5.